The van der Waals surface area contributed by atoms with Gasteiger partial charge in [0.15, 0.2) is 0 Å². The molecule has 98 valence electrons. The highest BCUT2D eigenvalue weighted by molar-refractivity contribution is 9.11. The van der Waals surface area contributed by atoms with Crippen molar-refractivity contribution in [1.82, 2.24) is 4.72 Å². The fourth-order valence-corrected chi connectivity index (χ4v) is 3.92. The first-order valence-corrected chi connectivity index (χ1v) is 8.62. The van der Waals surface area contributed by atoms with E-state index in [1.54, 1.807) is 11.3 Å². The number of nitrogens with one attached hydrogen (secondary N) is 1. The minimum Gasteiger partial charge on any atom is -0.396 e. The van der Waals surface area contributed by atoms with Gasteiger partial charge in [0.1, 0.15) is 0 Å². The lowest BCUT2D eigenvalue weighted by atomic mass is 10.3. The van der Waals surface area contributed by atoms with E-state index in [0.717, 1.165) is 8.66 Å². The fourth-order valence-electron chi connectivity index (χ4n) is 1.29. The fraction of sp³-hybridized carbons (Fsp3) is 0.600. The predicted molar refractivity (Wildman–Crippen MR) is 73.8 cm³/mol. The molecule has 17 heavy (non-hydrogen) atoms. The molecule has 1 heterocycles. The van der Waals surface area contributed by atoms with Crippen LogP contribution in [0.1, 0.15) is 17.7 Å². The van der Waals surface area contributed by atoms with Crippen LogP contribution in [-0.4, -0.2) is 32.4 Å². The number of hydrogen-bond donors (Lipinski definition) is 2. The molecule has 0 amide bonds. The molecule has 0 atom stereocenters. The van der Waals surface area contributed by atoms with Crippen LogP contribution in [-0.2, 0) is 16.4 Å². The second-order valence-electron chi connectivity index (χ2n) is 3.60. The molecule has 0 aliphatic carbocycles. The molecule has 2 N–H and O–H groups in total. The quantitative estimate of drug-likeness (QED) is 0.708. The van der Waals surface area contributed by atoms with Crippen molar-refractivity contribution in [2.45, 2.75) is 19.3 Å². The Morgan fingerprint density at radius 2 is 2.12 bits per heavy atom. The van der Waals surface area contributed by atoms with Crippen LogP contribution in [0.4, 0.5) is 0 Å². The molecule has 0 radical (unpaired) electrons. The third kappa shape index (κ3) is 6.52. The Kier molecular flexibility index (Phi) is 6.65. The van der Waals surface area contributed by atoms with Gasteiger partial charge in [0.25, 0.3) is 0 Å². The summed E-state index contributed by atoms with van der Waals surface area (Å²) < 4.78 is 26.6. The van der Waals surface area contributed by atoms with E-state index < -0.39 is 10.0 Å². The molecule has 4 nitrogen and oxygen atoms in total. The second kappa shape index (κ2) is 7.48. The monoisotopic (exact) mass is 341 g/mol. The summed E-state index contributed by atoms with van der Waals surface area (Å²) >= 11 is 4.97. The van der Waals surface area contributed by atoms with Gasteiger partial charge in [-0.05, 0) is 47.3 Å². The summed E-state index contributed by atoms with van der Waals surface area (Å²) in [4.78, 5) is 1.15. The van der Waals surface area contributed by atoms with Crippen molar-refractivity contribution in [2.24, 2.45) is 0 Å². The van der Waals surface area contributed by atoms with Gasteiger partial charge in [-0.2, -0.15) is 0 Å². The van der Waals surface area contributed by atoms with Crippen LogP contribution in [0.2, 0.25) is 0 Å². The lowest BCUT2D eigenvalue weighted by Crippen LogP contribution is -2.28. The van der Waals surface area contributed by atoms with Crippen molar-refractivity contribution in [1.29, 1.82) is 0 Å². The van der Waals surface area contributed by atoms with Crippen LogP contribution in [0, 0.1) is 0 Å². The van der Waals surface area contributed by atoms with E-state index >= 15 is 0 Å². The molecule has 0 spiro atoms. The van der Waals surface area contributed by atoms with Crippen molar-refractivity contribution in [3.05, 3.63) is 20.8 Å². The van der Waals surface area contributed by atoms with E-state index in [4.69, 9.17) is 5.11 Å². The SMILES string of the molecule is O=S(=O)(CCCCO)NCCc1ccc(Br)s1. The van der Waals surface area contributed by atoms with E-state index in [1.165, 1.54) is 0 Å². The highest BCUT2D eigenvalue weighted by Crippen LogP contribution is 2.22. The number of rotatable bonds is 8. The zero-order chi connectivity index (χ0) is 12.7. The average molecular weight is 342 g/mol. The summed E-state index contributed by atoms with van der Waals surface area (Å²) in [7, 11) is -3.19. The number of aliphatic hydroxyl groups excluding tert-OH is 1. The first-order chi connectivity index (χ1) is 8.03. The number of aliphatic hydroxyl groups is 1. The standard InChI is InChI=1S/C10H16BrNO3S2/c11-10-4-3-9(16-10)5-6-12-17(14,15)8-2-1-7-13/h3-4,12-13H,1-2,5-8H2. The van der Waals surface area contributed by atoms with Gasteiger partial charge in [-0.15, -0.1) is 11.3 Å². The van der Waals surface area contributed by atoms with Gasteiger partial charge in [-0.1, -0.05) is 0 Å². The number of thiophene rings is 1. The van der Waals surface area contributed by atoms with E-state index in [1.807, 2.05) is 12.1 Å². The molecule has 0 saturated heterocycles. The van der Waals surface area contributed by atoms with Gasteiger partial charge in [0.05, 0.1) is 9.54 Å². The van der Waals surface area contributed by atoms with E-state index in [2.05, 4.69) is 20.7 Å². The minimum atomic E-state index is -3.19. The summed E-state index contributed by atoms with van der Waals surface area (Å²) in [5.41, 5.74) is 0. The normalized spacial score (nSPS) is 11.9. The highest BCUT2D eigenvalue weighted by atomic mass is 79.9. The van der Waals surface area contributed by atoms with Gasteiger partial charge >= 0.3 is 0 Å². The smallest absolute Gasteiger partial charge is 0.211 e. The van der Waals surface area contributed by atoms with Crippen LogP contribution >= 0.6 is 27.3 Å². The average Bonchev–Trinajstić information content (AvgIpc) is 2.64. The highest BCUT2D eigenvalue weighted by Gasteiger charge is 2.09. The molecule has 7 heteroatoms. The van der Waals surface area contributed by atoms with Crippen molar-refractivity contribution >= 4 is 37.3 Å². The Bertz CT molecular complexity index is 431. The first kappa shape index (κ1) is 15.1. The van der Waals surface area contributed by atoms with Crippen LogP contribution in [0.5, 0.6) is 0 Å². The van der Waals surface area contributed by atoms with Gasteiger partial charge < -0.3 is 5.11 Å². The lowest BCUT2D eigenvalue weighted by Gasteiger charge is -2.05. The third-order valence-corrected chi connectivity index (χ3v) is 5.30. The van der Waals surface area contributed by atoms with Crippen molar-refractivity contribution in [3.63, 3.8) is 0 Å². The molecular weight excluding hydrogens is 326 g/mol. The van der Waals surface area contributed by atoms with Gasteiger partial charge in [-0.25, -0.2) is 13.1 Å². The lowest BCUT2D eigenvalue weighted by molar-refractivity contribution is 0.287. The number of unbranched alkanes of at least 4 members (excludes halogenated alkanes) is 1. The zero-order valence-electron chi connectivity index (χ0n) is 9.36. The Labute approximate surface area is 114 Å². The van der Waals surface area contributed by atoms with Crippen molar-refractivity contribution in [3.8, 4) is 0 Å². The number of halogens is 1. The molecular formula is C10H16BrNO3S2. The number of hydrogen-bond acceptors (Lipinski definition) is 4. The van der Waals surface area contributed by atoms with E-state index in [-0.39, 0.29) is 12.4 Å². The van der Waals surface area contributed by atoms with Crippen LogP contribution in [0.15, 0.2) is 15.9 Å². The summed E-state index contributed by atoms with van der Waals surface area (Å²) in [6, 6.07) is 3.94. The Morgan fingerprint density at radius 3 is 2.71 bits per heavy atom. The van der Waals surface area contributed by atoms with Crippen molar-refractivity contribution in [2.75, 3.05) is 18.9 Å². The third-order valence-electron chi connectivity index (χ3n) is 2.14. The molecule has 1 aromatic heterocycles. The molecule has 1 aromatic rings. The Morgan fingerprint density at radius 1 is 1.35 bits per heavy atom. The predicted octanol–water partition coefficient (Wildman–Crippen LogP) is 1.74. The molecule has 0 aliphatic heterocycles. The minimum absolute atomic E-state index is 0.0404. The van der Waals surface area contributed by atoms with Gasteiger partial charge in [0, 0.05) is 18.0 Å². The molecule has 0 fully saturated rings. The molecule has 0 aromatic carbocycles. The summed E-state index contributed by atoms with van der Waals surface area (Å²) in [5, 5.41) is 8.57. The maximum Gasteiger partial charge on any atom is 0.211 e. The number of sulfonamides is 1. The van der Waals surface area contributed by atoms with Crippen LogP contribution in [0.3, 0.4) is 0 Å². The maximum atomic E-state index is 11.5. The first-order valence-electron chi connectivity index (χ1n) is 5.36. The van der Waals surface area contributed by atoms with Gasteiger partial charge in [-0.3, -0.25) is 0 Å². The largest absolute Gasteiger partial charge is 0.396 e. The molecule has 0 unspecified atom stereocenters. The summed E-state index contributed by atoms with van der Waals surface area (Å²) in [6.45, 7) is 0.465. The van der Waals surface area contributed by atoms with Crippen LogP contribution < -0.4 is 4.72 Å². The second-order valence-corrected chi connectivity index (χ2v) is 8.07. The molecule has 0 bridgehead atoms. The summed E-state index contributed by atoms with van der Waals surface area (Å²) in [6.07, 6.45) is 1.73. The topological polar surface area (TPSA) is 66.4 Å². The van der Waals surface area contributed by atoms with Crippen LogP contribution in [0.25, 0.3) is 0 Å². The molecule has 1 rings (SSSR count). The zero-order valence-corrected chi connectivity index (χ0v) is 12.6. The van der Waals surface area contributed by atoms with E-state index in [0.29, 0.717) is 25.8 Å². The molecule has 0 saturated carbocycles. The van der Waals surface area contributed by atoms with Gasteiger partial charge in [0.2, 0.25) is 10.0 Å². The Hall–Kier alpha value is 0.0500. The Balaban J connectivity index is 2.25. The summed E-state index contributed by atoms with van der Waals surface area (Å²) in [5.74, 6) is 0.0850. The van der Waals surface area contributed by atoms with Crippen molar-refractivity contribution < 1.29 is 13.5 Å². The molecule has 0 aliphatic rings. The maximum absolute atomic E-state index is 11.5. The van der Waals surface area contributed by atoms with E-state index in [9.17, 15) is 8.42 Å².